The molecule has 0 aromatic heterocycles. The fraction of sp³-hybridized carbons (Fsp3) is 0.500. The van der Waals surface area contributed by atoms with Crippen LogP contribution >= 0.6 is 0 Å². The molecule has 0 radical (unpaired) electrons. The molecule has 1 saturated heterocycles. The Morgan fingerprint density at radius 1 is 1.32 bits per heavy atom. The number of rotatable bonds is 2. The number of hydrogen-bond acceptors (Lipinski definition) is 2. The van der Waals surface area contributed by atoms with Gasteiger partial charge in [0.05, 0.1) is 5.60 Å². The lowest BCUT2D eigenvalue weighted by Gasteiger charge is -2.47. The van der Waals surface area contributed by atoms with Gasteiger partial charge >= 0.3 is 0 Å². The predicted octanol–water partition coefficient (Wildman–Crippen LogP) is 2.99. The van der Waals surface area contributed by atoms with Crippen molar-refractivity contribution in [2.24, 2.45) is 5.92 Å². The predicted molar refractivity (Wildman–Crippen MR) is 83.5 cm³/mol. The van der Waals surface area contributed by atoms with Crippen LogP contribution in [0, 0.1) is 11.7 Å². The van der Waals surface area contributed by atoms with Crippen LogP contribution in [0.1, 0.15) is 37.7 Å². The number of likely N-dealkylation sites (tertiary alicyclic amines) is 1. The Bertz CT molecular complexity index is 586. The summed E-state index contributed by atoms with van der Waals surface area (Å²) in [5.74, 6) is -0.247. The molecule has 2 atom stereocenters. The number of hydrogen-bond donors (Lipinski definition) is 1. The highest BCUT2D eigenvalue weighted by atomic mass is 19.1. The molecule has 22 heavy (non-hydrogen) atoms. The third kappa shape index (κ3) is 3.07. The third-order valence-corrected chi connectivity index (χ3v) is 5.05. The topological polar surface area (TPSA) is 40.5 Å². The maximum atomic E-state index is 13.5. The smallest absolute Gasteiger partial charge is 0.246 e. The summed E-state index contributed by atoms with van der Waals surface area (Å²) >= 11 is 0. The van der Waals surface area contributed by atoms with Gasteiger partial charge in [-0.1, -0.05) is 31.0 Å². The highest BCUT2D eigenvalue weighted by Crippen LogP contribution is 2.39. The number of fused-ring (bicyclic) bond motifs is 1. The largest absolute Gasteiger partial charge is 0.389 e. The van der Waals surface area contributed by atoms with Gasteiger partial charge in [0.2, 0.25) is 5.91 Å². The summed E-state index contributed by atoms with van der Waals surface area (Å²) < 4.78 is 13.5. The zero-order chi connectivity index (χ0) is 15.6. The molecule has 2 unspecified atom stereocenters. The van der Waals surface area contributed by atoms with Gasteiger partial charge in [-0.05, 0) is 31.4 Å². The molecule has 2 fully saturated rings. The molecule has 1 aromatic rings. The highest BCUT2D eigenvalue weighted by Gasteiger charge is 2.43. The number of benzene rings is 1. The summed E-state index contributed by atoms with van der Waals surface area (Å²) in [7, 11) is 0. The summed E-state index contributed by atoms with van der Waals surface area (Å²) in [6.45, 7) is 1.18. The second-order valence-electron chi connectivity index (χ2n) is 6.44. The minimum absolute atomic E-state index is 0.101. The van der Waals surface area contributed by atoms with Crippen LogP contribution in [0.5, 0.6) is 0 Å². The van der Waals surface area contributed by atoms with E-state index in [1.807, 2.05) is 0 Å². The zero-order valence-electron chi connectivity index (χ0n) is 12.7. The molecule has 1 saturated carbocycles. The van der Waals surface area contributed by atoms with Crippen molar-refractivity contribution >= 4 is 12.0 Å². The average Bonchev–Trinajstić information content (AvgIpc) is 2.53. The quantitative estimate of drug-likeness (QED) is 0.853. The minimum Gasteiger partial charge on any atom is -0.389 e. The van der Waals surface area contributed by atoms with Crippen molar-refractivity contribution in [2.75, 3.05) is 13.1 Å². The molecule has 3 rings (SSSR count). The molecular formula is C18H22FNO2. The van der Waals surface area contributed by atoms with Crippen molar-refractivity contribution in [3.63, 3.8) is 0 Å². The van der Waals surface area contributed by atoms with Gasteiger partial charge < -0.3 is 10.0 Å². The van der Waals surface area contributed by atoms with Crippen LogP contribution in [-0.2, 0) is 4.79 Å². The lowest BCUT2D eigenvalue weighted by Crippen LogP contribution is -2.54. The van der Waals surface area contributed by atoms with E-state index in [1.165, 1.54) is 18.2 Å². The van der Waals surface area contributed by atoms with E-state index >= 15 is 0 Å². The first-order valence-electron chi connectivity index (χ1n) is 8.02. The monoisotopic (exact) mass is 303 g/mol. The molecule has 1 N–H and O–H groups in total. The van der Waals surface area contributed by atoms with E-state index < -0.39 is 5.60 Å². The van der Waals surface area contributed by atoms with Crippen LogP contribution in [0.2, 0.25) is 0 Å². The molecule has 0 bridgehead atoms. The van der Waals surface area contributed by atoms with E-state index in [0.717, 1.165) is 25.7 Å². The second kappa shape index (κ2) is 6.21. The molecular weight excluding hydrogens is 281 g/mol. The minimum atomic E-state index is -0.579. The maximum absolute atomic E-state index is 13.5. The molecule has 1 aliphatic carbocycles. The summed E-state index contributed by atoms with van der Waals surface area (Å²) in [5, 5.41) is 10.6. The molecule has 1 amide bonds. The number of piperidine rings is 1. The van der Waals surface area contributed by atoms with Gasteiger partial charge in [-0.25, -0.2) is 4.39 Å². The number of nitrogens with zero attached hydrogens (tertiary/aromatic N) is 1. The molecule has 1 aromatic carbocycles. The molecule has 4 heteroatoms. The first kappa shape index (κ1) is 15.2. The van der Waals surface area contributed by atoms with Crippen LogP contribution in [0.3, 0.4) is 0 Å². The van der Waals surface area contributed by atoms with Gasteiger partial charge in [-0.3, -0.25) is 4.79 Å². The first-order valence-corrected chi connectivity index (χ1v) is 8.02. The van der Waals surface area contributed by atoms with Crippen molar-refractivity contribution in [1.82, 2.24) is 4.90 Å². The Labute approximate surface area is 130 Å². The van der Waals surface area contributed by atoms with E-state index in [0.29, 0.717) is 25.1 Å². The van der Waals surface area contributed by atoms with E-state index in [9.17, 15) is 14.3 Å². The number of aliphatic hydroxyl groups is 1. The highest BCUT2D eigenvalue weighted by molar-refractivity contribution is 5.91. The van der Waals surface area contributed by atoms with Crippen LogP contribution < -0.4 is 0 Å². The van der Waals surface area contributed by atoms with E-state index in [-0.39, 0.29) is 17.6 Å². The molecule has 0 spiro atoms. The Balaban J connectivity index is 1.65. The van der Waals surface area contributed by atoms with Gasteiger partial charge in [0.15, 0.2) is 0 Å². The summed E-state index contributed by atoms with van der Waals surface area (Å²) in [6.07, 6.45) is 7.65. The standard InChI is InChI=1S/C18H22FNO2/c19-16-7-2-1-5-14(16)8-9-17(21)20-12-11-18(22)10-4-3-6-15(18)13-20/h1-2,5,7-9,15,22H,3-4,6,10-13H2. The van der Waals surface area contributed by atoms with Crippen LogP contribution in [-0.4, -0.2) is 34.6 Å². The SMILES string of the molecule is O=C(C=Cc1ccccc1F)N1CCC2(O)CCCCC2C1. The number of amides is 1. The van der Waals surface area contributed by atoms with Gasteiger partial charge in [-0.15, -0.1) is 0 Å². The van der Waals surface area contributed by atoms with Gasteiger partial charge in [0.25, 0.3) is 0 Å². The number of halogens is 1. The number of carbonyl (C=O) groups is 1. The van der Waals surface area contributed by atoms with Crippen LogP contribution in [0.25, 0.3) is 6.08 Å². The Hall–Kier alpha value is -1.68. The normalized spacial score (nSPS) is 28.6. The van der Waals surface area contributed by atoms with Crippen molar-refractivity contribution in [2.45, 2.75) is 37.7 Å². The first-order chi connectivity index (χ1) is 10.6. The maximum Gasteiger partial charge on any atom is 0.246 e. The summed E-state index contributed by atoms with van der Waals surface area (Å²) in [6, 6.07) is 6.40. The Morgan fingerprint density at radius 3 is 2.95 bits per heavy atom. The molecule has 1 aliphatic heterocycles. The van der Waals surface area contributed by atoms with Gasteiger partial charge in [-0.2, -0.15) is 0 Å². The second-order valence-corrected chi connectivity index (χ2v) is 6.44. The fourth-order valence-electron chi connectivity index (χ4n) is 3.65. The van der Waals surface area contributed by atoms with Crippen molar-refractivity contribution in [1.29, 1.82) is 0 Å². The van der Waals surface area contributed by atoms with Crippen molar-refractivity contribution in [3.8, 4) is 0 Å². The molecule has 3 nitrogen and oxygen atoms in total. The van der Waals surface area contributed by atoms with Crippen molar-refractivity contribution in [3.05, 3.63) is 41.7 Å². The lowest BCUT2D eigenvalue weighted by atomic mass is 9.71. The van der Waals surface area contributed by atoms with E-state index in [4.69, 9.17) is 0 Å². The van der Waals surface area contributed by atoms with Crippen molar-refractivity contribution < 1.29 is 14.3 Å². The summed E-state index contributed by atoms with van der Waals surface area (Å²) in [4.78, 5) is 14.1. The van der Waals surface area contributed by atoms with E-state index in [1.54, 1.807) is 23.1 Å². The Kier molecular flexibility index (Phi) is 4.30. The van der Waals surface area contributed by atoms with E-state index in [2.05, 4.69) is 0 Å². The van der Waals surface area contributed by atoms with Gasteiger partial charge in [0.1, 0.15) is 5.82 Å². The fourth-order valence-corrected chi connectivity index (χ4v) is 3.65. The Morgan fingerprint density at radius 2 is 2.14 bits per heavy atom. The molecule has 2 aliphatic rings. The van der Waals surface area contributed by atoms with Crippen LogP contribution in [0.4, 0.5) is 4.39 Å². The molecule has 118 valence electrons. The van der Waals surface area contributed by atoms with Crippen LogP contribution in [0.15, 0.2) is 30.3 Å². The molecule has 1 heterocycles. The van der Waals surface area contributed by atoms with Gasteiger partial charge in [0, 0.05) is 30.6 Å². The number of carbonyl (C=O) groups excluding carboxylic acids is 1. The average molecular weight is 303 g/mol. The summed E-state index contributed by atoms with van der Waals surface area (Å²) in [5.41, 5.74) is -0.161. The zero-order valence-corrected chi connectivity index (χ0v) is 12.7. The lowest BCUT2D eigenvalue weighted by molar-refractivity contribution is -0.138. The third-order valence-electron chi connectivity index (χ3n) is 5.05.